The molecular weight excluding hydrogens is 155 g/mol. The van der Waals surface area contributed by atoms with Gasteiger partial charge in [-0.15, -0.1) is 0 Å². The highest BCUT2D eigenvalue weighted by atomic mass is 35.5. The quantitative estimate of drug-likeness (QED) is 0.679. The Balaban J connectivity index is 3.14. The van der Waals surface area contributed by atoms with E-state index in [2.05, 4.69) is 10.3 Å². The van der Waals surface area contributed by atoms with E-state index < -0.39 is 5.82 Å². The standard InChI is InChI=1S/C6H6ClFN2/c1-9-6-5(8)4(7)2-3-10-6/h2-3H,1H3,(H,9,10). The van der Waals surface area contributed by atoms with E-state index in [0.29, 0.717) is 0 Å². The van der Waals surface area contributed by atoms with Crippen LogP contribution in [0.15, 0.2) is 12.3 Å². The minimum Gasteiger partial charge on any atom is -0.371 e. The molecule has 1 aromatic heterocycles. The van der Waals surface area contributed by atoms with E-state index in [1.807, 2.05) is 0 Å². The maximum atomic E-state index is 12.7. The van der Waals surface area contributed by atoms with Crippen LogP contribution in [0.2, 0.25) is 5.02 Å². The summed E-state index contributed by atoms with van der Waals surface area (Å²) in [6.45, 7) is 0. The Bertz CT molecular complexity index is 239. The first-order chi connectivity index (χ1) is 4.75. The Kier molecular flexibility index (Phi) is 2.06. The Morgan fingerprint density at radius 1 is 1.70 bits per heavy atom. The van der Waals surface area contributed by atoms with Crippen LogP contribution in [0.1, 0.15) is 0 Å². The van der Waals surface area contributed by atoms with E-state index in [1.165, 1.54) is 12.3 Å². The van der Waals surface area contributed by atoms with Gasteiger partial charge in [-0.3, -0.25) is 0 Å². The number of rotatable bonds is 1. The minimum absolute atomic E-state index is 0.0827. The van der Waals surface area contributed by atoms with Crippen molar-refractivity contribution < 1.29 is 4.39 Å². The van der Waals surface area contributed by atoms with Gasteiger partial charge in [-0.1, -0.05) is 11.6 Å². The molecule has 0 atom stereocenters. The Morgan fingerprint density at radius 2 is 2.40 bits per heavy atom. The fourth-order valence-electron chi connectivity index (χ4n) is 0.594. The number of hydrogen-bond acceptors (Lipinski definition) is 2. The number of aromatic nitrogens is 1. The fourth-order valence-corrected chi connectivity index (χ4v) is 0.740. The summed E-state index contributed by atoms with van der Waals surface area (Å²) in [5.74, 6) is -0.334. The van der Waals surface area contributed by atoms with Crippen LogP contribution in [-0.2, 0) is 0 Å². The van der Waals surface area contributed by atoms with E-state index in [-0.39, 0.29) is 10.8 Å². The molecule has 0 fully saturated rings. The summed E-state index contributed by atoms with van der Waals surface area (Å²) < 4.78 is 12.7. The fraction of sp³-hybridized carbons (Fsp3) is 0.167. The molecule has 0 bridgehead atoms. The van der Waals surface area contributed by atoms with Crippen LogP contribution in [0.5, 0.6) is 0 Å². The number of nitrogens with one attached hydrogen (secondary N) is 1. The summed E-state index contributed by atoms with van der Waals surface area (Å²) in [6, 6.07) is 1.40. The Labute approximate surface area is 63.0 Å². The molecule has 0 spiro atoms. The zero-order valence-corrected chi connectivity index (χ0v) is 6.11. The first kappa shape index (κ1) is 7.28. The lowest BCUT2D eigenvalue weighted by Crippen LogP contribution is -1.95. The van der Waals surface area contributed by atoms with Gasteiger partial charge >= 0.3 is 0 Å². The van der Waals surface area contributed by atoms with Gasteiger partial charge in [0.15, 0.2) is 11.6 Å². The average Bonchev–Trinajstić information content (AvgIpc) is 1.95. The summed E-state index contributed by atoms with van der Waals surface area (Å²) in [4.78, 5) is 3.69. The third kappa shape index (κ3) is 1.19. The maximum Gasteiger partial charge on any atom is 0.183 e. The second-order valence-electron chi connectivity index (χ2n) is 1.71. The summed E-state index contributed by atoms with van der Waals surface area (Å²) in [7, 11) is 1.59. The molecule has 1 aromatic rings. The molecule has 1 rings (SSSR count). The molecule has 0 saturated carbocycles. The molecule has 0 unspecified atom stereocenters. The summed E-state index contributed by atoms with van der Waals surface area (Å²) in [6.07, 6.45) is 1.44. The van der Waals surface area contributed by atoms with Gasteiger partial charge < -0.3 is 5.32 Å². The predicted molar refractivity (Wildman–Crippen MR) is 38.8 cm³/mol. The van der Waals surface area contributed by atoms with E-state index in [9.17, 15) is 4.39 Å². The van der Waals surface area contributed by atoms with E-state index in [1.54, 1.807) is 7.05 Å². The maximum absolute atomic E-state index is 12.7. The number of halogens is 2. The van der Waals surface area contributed by atoms with Gasteiger partial charge in [0.05, 0.1) is 5.02 Å². The number of hydrogen-bond donors (Lipinski definition) is 1. The predicted octanol–water partition coefficient (Wildman–Crippen LogP) is 1.92. The third-order valence-corrected chi connectivity index (χ3v) is 1.37. The van der Waals surface area contributed by atoms with Gasteiger partial charge in [0.2, 0.25) is 0 Å². The van der Waals surface area contributed by atoms with Crippen LogP contribution in [0, 0.1) is 5.82 Å². The van der Waals surface area contributed by atoms with Crippen LogP contribution >= 0.6 is 11.6 Å². The molecule has 0 saturated heterocycles. The van der Waals surface area contributed by atoms with Gasteiger partial charge in [-0.25, -0.2) is 9.37 Å². The van der Waals surface area contributed by atoms with E-state index in [4.69, 9.17) is 11.6 Å². The van der Waals surface area contributed by atoms with Gasteiger partial charge in [0, 0.05) is 13.2 Å². The molecule has 0 amide bonds. The lowest BCUT2D eigenvalue weighted by Gasteiger charge is -1.99. The zero-order valence-electron chi connectivity index (χ0n) is 5.36. The van der Waals surface area contributed by atoms with Crippen molar-refractivity contribution >= 4 is 17.4 Å². The van der Waals surface area contributed by atoms with Crippen LogP contribution in [0.4, 0.5) is 10.2 Å². The average molecular weight is 161 g/mol. The molecule has 1 N–H and O–H groups in total. The van der Waals surface area contributed by atoms with Crippen molar-refractivity contribution in [3.8, 4) is 0 Å². The summed E-state index contributed by atoms with van der Waals surface area (Å²) in [5.41, 5.74) is 0. The van der Waals surface area contributed by atoms with Crippen molar-refractivity contribution in [2.75, 3.05) is 12.4 Å². The zero-order chi connectivity index (χ0) is 7.56. The smallest absolute Gasteiger partial charge is 0.183 e. The van der Waals surface area contributed by atoms with Gasteiger partial charge in [-0.2, -0.15) is 0 Å². The monoisotopic (exact) mass is 160 g/mol. The lowest BCUT2D eigenvalue weighted by molar-refractivity contribution is 0.626. The van der Waals surface area contributed by atoms with E-state index >= 15 is 0 Å². The number of nitrogens with zero attached hydrogens (tertiary/aromatic N) is 1. The van der Waals surface area contributed by atoms with Gasteiger partial charge in [-0.05, 0) is 6.07 Å². The van der Waals surface area contributed by atoms with Crippen LogP contribution < -0.4 is 5.32 Å². The molecular formula is C6H6ClFN2. The van der Waals surface area contributed by atoms with Crippen LogP contribution in [0.25, 0.3) is 0 Å². The molecule has 10 heavy (non-hydrogen) atoms. The summed E-state index contributed by atoms with van der Waals surface area (Å²) in [5, 5.41) is 2.65. The van der Waals surface area contributed by atoms with Crippen molar-refractivity contribution in [1.29, 1.82) is 0 Å². The first-order valence-electron chi connectivity index (χ1n) is 2.73. The largest absolute Gasteiger partial charge is 0.371 e. The van der Waals surface area contributed by atoms with Crippen LogP contribution in [0.3, 0.4) is 0 Å². The van der Waals surface area contributed by atoms with Gasteiger partial charge in [0.1, 0.15) is 0 Å². The molecule has 54 valence electrons. The summed E-state index contributed by atoms with van der Waals surface area (Å²) >= 11 is 5.44. The second-order valence-corrected chi connectivity index (χ2v) is 2.11. The number of pyridine rings is 1. The molecule has 0 aliphatic carbocycles. The van der Waals surface area contributed by atoms with Crippen molar-refractivity contribution in [2.45, 2.75) is 0 Å². The Hall–Kier alpha value is -0.830. The second kappa shape index (κ2) is 2.84. The van der Waals surface area contributed by atoms with Gasteiger partial charge in [0.25, 0.3) is 0 Å². The number of anilines is 1. The molecule has 0 radical (unpaired) electrons. The molecule has 0 aromatic carbocycles. The highest BCUT2D eigenvalue weighted by Gasteiger charge is 2.03. The van der Waals surface area contributed by atoms with Crippen molar-refractivity contribution in [1.82, 2.24) is 4.98 Å². The molecule has 2 nitrogen and oxygen atoms in total. The van der Waals surface area contributed by atoms with Crippen molar-refractivity contribution in [3.63, 3.8) is 0 Å². The normalized spacial score (nSPS) is 9.50. The molecule has 1 heterocycles. The third-order valence-electron chi connectivity index (χ3n) is 1.08. The molecule has 0 aliphatic rings. The minimum atomic E-state index is -0.508. The van der Waals surface area contributed by atoms with E-state index in [0.717, 1.165) is 0 Å². The van der Waals surface area contributed by atoms with Crippen molar-refractivity contribution in [3.05, 3.63) is 23.1 Å². The molecule has 0 aliphatic heterocycles. The topological polar surface area (TPSA) is 24.9 Å². The first-order valence-corrected chi connectivity index (χ1v) is 3.11. The molecule has 4 heteroatoms. The van der Waals surface area contributed by atoms with Crippen LogP contribution in [-0.4, -0.2) is 12.0 Å². The SMILES string of the molecule is CNc1nccc(Cl)c1F. The van der Waals surface area contributed by atoms with Crippen molar-refractivity contribution in [2.24, 2.45) is 0 Å². The highest BCUT2D eigenvalue weighted by molar-refractivity contribution is 6.30. The Morgan fingerprint density at radius 3 is 2.90 bits per heavy atom. The highest BCUT2D eigenvalue weighted by Crippen LogP contribution is 2.18. The lowest BCUT2D eigenvalue weighted by atomic mass is 10.4.